The van der Waals surface area contributed by atoms with Crippen LogP contribution in [0.2, 0.25) is 0 Å². The average Bonchev–Trinajstić information content (AvgIpc) is 2.33. The van der Waals surface area contributed by atoms with Crippen molar-refractivity contribution in [2.24, 2.45) is 0 Å². The minimum atomic E-state index is -1.16. The molecule has 0 saturated carbocycles. The van der Waals surface area contributed by atoms with Crippen LogP contribution in [-0.4, -0.2) is 21.6 Å². The first-order valence-corrected chi connectivity index (χ1v) is 7.71. The highest BCUT2D eigenvalue weighted by molar-refractivity contribution is 7.85. The second-order valence-corrected chi connectivity index (χ2v) is 5.85. The van der Waals surface area contributed by atoms with Crippen molar-refractivity contribution in [3.05, 3.63) is 24.0 Å². The Morgan fingerprint density at radius 3 is 2.79 bits per heavy atom. The largest absolute Gasteiger partial charge is 0.397 e. The normalized spacial score (nSPS) is 12.1. The molecule has 0 bridgehead atoms. The Bertz CT molecular complexity index is 466. The third kappa shape index (κ3) is 5.83. The van der Waals surface area contributed by atoms with Gasteiger partial charge in [-0.2, -0.15) is 0 Å². The third-order valence-electron chi connectivity index (χ3n) is 2.56. The highest BCUT2D eigenvalue weighted by atomic mass is 32.2. The van der Waals surface area contributed by atoms with E-state index >= 15 is 0 Å². The van der Waals surface area contributed by atoms with Crippen molar-refractivity contribution < 1.29 is 13.4 Å². The number of nitrogens with one attached hydrogen (secondary N) is 1. The molecule has 0 spiro atoms. The molecule has 1 amide bonds. The Balaban J connectivity index is 2.44. The van der Waals surface area contributed by atoms with Gasteiger partial charge in [0.1, 0.15) is 11.6 Å². The Labute approximate surface area is 115 Å². The van der Waals surface area contributed by atoms with Crippen LogP contribution in [0.4, 0.5) is 15.8 Å². The van der Waals surface area contributed by atoms with Gasteiger partial charge in [-0.15, -0.1) is 0 Å². The van der Waals surface area contributed by atoms with Crippen LogP contribution in [0.25, 0.3) is 0 Å². The van der Waals surface area contributed by atoms with Crippen molar-refractivity contribution in [1.29, 1.82) is 0 Å². The van der Waals surface area contributed by atoms with Crippen LogP contribution in [-0.2, 0) is 15.6 Å². The summed E-state index contributed by atoms with van der Waals surface area (Å²) in [4.78, 5) is 11.6. The minimum Gasteiger partial charge on any atom is -0.397 e. The lowest BCUT2D eigenvalue weighted by Gasteiger charge is -2.08. The summed E-state index contributed by atoms with van der Waals surface area (Å²) in [6, 6.07) is 3.74. The fourth-order valence-corrected chi connectivity index (χ4v) is 2.60. The molecule has 0 aliphatic heterocycles. The monoisotopic (exact) mass is 286 g/mol. The number of benzene rings is 1. The molecule has 106 valence electrons. The molecule has 1 aromatic carbocycles. The van der Waals surface area contributed by atoms with Crippen LogP contribution >= 0.6 is 0 Å². The van der Waals surface area contributed by atoms with E-state index < -0.39 is 16.6 Å². The summed E-state index contributed by atoms with van der Waals surface area (Å²) in [6.07, 6.45) is 2.92. The van der Waals surface area contributed by atoms with E-state index in [0.29, 0.717) is 11.4 Å². The number of nitrogens with two attached hydrogens (primary N) is 1. The first-order chi connectivity index (χ1) is 9.02. The van der Waals surface area contributed by atoms with E-state index in [2.05, 4.69) is 12.2 Å². The van der Waals surface area contributed by atoms with Crippen molar-refractivity contribution in [3.63, 3.8) is 0 Å². The standard InChI is InChI=1S/C13H19FN2O2S/c1-2-3-4-7-19(18)9-13(17)16-12-6-5-10(14)8-11(12)15/h5-6,8H,2-4,7,9,15H2,1H3,(H,16,17). The molecule has 0 aromatic heterocycles. The van der Waals surface area contributed by atoms with E-state index in [-0.39, 0.29) is 17.3 Å². The van der Waals surface area contributed by atoms with E-state index in [1.54, 1.807) is 0 Å². The summed E-state index contributed by atoms with van der Waals surface area (Å²) in [5.41, 5.74) is 6.07. The zero-order chi connectivity index (χ0) is 14.3. The number of carbonyl (C=O) groups excluding carboxylic acids is 1. The number of nitrogen functional groups attached to an aromatic ring is 1. The first kappa shape index (κ1) is 15.6. The zero-order valence-corrected chi connectivity index (χ0v) is 11.8. The van der Waals surface area contributed by atoms with Gasteiger partial charge >= 0.3 is 0 Å². The van der Waals surface area contributed by atoms with Gasteiger partial charge < -0.3 is 11.1 Å². The zero-order valence-electron chi connectivity index (χ0n) is 10.9. The van der Waals surface area contributed by atoms with Crippen molar-refractivity contribution in [1.82, 2.24) is 0 Å². The maximum absolute atomic E-state index is 12.8. The number of halogens is 1. The molecule has 0 aliphatic rings. The van der Waals surface area contributed by atoms with Crippen molar-refractivity contribution in [3.8, 4) is 0 Å². The number of anilines is 2. The van der Waals surface area contributed by atoms with Gasteiger partial charge in [-0.25, -0.2) is 4.39 Å². The molecule has 3 N–H and O–H groups in total. The second kappa shape index (κ2) is 7.89. The predicted molar refractivity (Wildman–Crippen MR) is 76.8 cm³/mol. The highest BCUT2D eigenvalue weighted by Gasteiger charge is 2.10. The van der Waals surface area contributed by atoms with E-state index in [9.17, 15) is 13.4 Å². The maximum atomic E-state index is 12.8. The molecule has 1 rings (SSSR count). The van der Waals surface area contributed by atoms with E-state index in [1.807, 2.05) is 0 Å². The number of rotatable bonds is 7. The van der Waals surface area contributed by atoms with E-state index in [1.165, 1.54) is 12.1 Å². The quantitative estimate of drug-likeness (QED) is 0.596. The molecule has 0 radical (unpaired) electrons. The van der Waals surface area contributed by atoms with Crippen LogP contribution in [0, 0.1) is 5.82 Å². The van der Waals surface area contributed by atoms with Gasteiger partial charge in [-0.1, -0.05) is 19.8 Å². The predicted octanol–water partition coefficient (Wildman–Crippen LogP) is 2.29. The Morgan fingerprint density at radius 2 is 2.16 bits per heavy atom. The topological polar surface area (TPSA) is 72.2 Å². The molecule has 0 fully saturated rings. The van der Waals surface area contributed by atoms with Gasteiger partial charge in [-0.3, -0.25) is 9.00 Å². The first-order valence-electron chi connectivity index (χ1n) is 6.22. The molecule has 0 heterocycles. The molecule has 0 saturated heterocycles. The summed E-state index contributed by atoms with van der Waals surface area (Å²) in [6.45, 7) is 2.06. The van der Waals surface area contributed by atoms with Crippen LogP contribution in [0.15, 0.2) is 18.2 Å². The van der Waals surface area contributed by atoms with Gasteiger partial charge in [0.2, 0.25) is 5.91 Å². The van der Waals surface area contributed by atoms with Crippen LogP contribution in [0.5, 0.6) is 0 Å². The van der Waals surface area contributed by atoms with Crippen molar-refractivity contribution in [2.45, 2.75) is 26.2 Å². The summed E-state index contributed by atoms with van der Waals surface area (Å²) >= 11 is 0. The van der Waals surface area contributed by atoms with Crippen molar-refractivity contribution >= 4 is 28.1 Å². The fraction of sp³-hybridized carbons (Fsp3) is 0.462. The lowest BCUT2D eigenvalue weighted by Crippen LogP contribution is -2.21. The molecule has 6 heteroatoms. The number of hydrogen-bond acceptors (Lipinski definition) is 3. The molecule has 4 nitrogen and oxygen atoms in total. The number of hydrogen-bond donors (Lipinski definition) is 2. The summed E-state index contributed by atoms with van der Waals surface area (Å²) < 4.78 is 24.4. The van der Waals surface area contributed by atoms with Crippen LogP contribution in [0.1, 0.15) is 26.2 Å². The Morgan fingerprint density at radius 1 is 1.42 bits per heavy atom. The lowest BCUT2D eigenvalue weighted by molar-refractivity contribution is -0.113. The second-order valence-electron chi connectivity index (χ2n) is 4.28. The minimum absolute atomic E-state index is 0.0550. The molecular formula is C13H19FN2O2S. The molecule has 1 aromatic rings. The highest BCUT2D eigenvalue weighted by Crippen LogP contribution is 2.18. The summed E-state index contributed by atoms with van der Waals surface area (Å²) in [5, 5.41) is 2.54. The Kier molecular flexibility index (Phi) is 6.49. The summed E-state index contributed by atoms with van der Waals surface area (Å²) in [7, 11) is -1.16. The third-order valence-corrected chi connectivity index (χ3v) is 3.88. The molecular weight excluding hydrogens is 267 g/mol. The number of unbranched alkanes of at least 4 members (excludes halogenated alkanes) is 2. The molecule has 0 aliphatic carbocycles. The van der Waals surface area contributed by atoms with Gasteiger partial charge in [-0.05, 0) is 24.6 Å². The van der Waals surface area contributed by atoms with Crippen molar-refractivity contribution in [2.75, 3.05) is 22.6 Å². The maximum Gasteiger partial charge on any atom is 0.237 e. The van der Waals surface area contributed by atoms with Gasteiger partial charge in [0.05, 0.1) is 11.4 Å². The van der Waals surface area contributed by atoms with Gasteiger partial charge in [0.25, 0.3) is 0 Å². The number of carbonyl (C=O) groups is 1. The molecule has 1 atom stereocenters. The number of amides is 1. The molecule has 1 unspecified atom stereocenters. The molecule has 19 heavy (non-hydrogen) atoms. The lowest BCUT2D eigenvalue weighted by atomic mass is 10.2. The SMILES string of the molecule is CCCCCS(=O)CC(=O)Nc1ccc(F)cc1N. The van der Waals surface area contributed by atoms with Crippen LogP contribution < -0.4 is 11.1 Å². The van der Waals surface area contributed by atoms with Crippen LogP contribution in [0.3, 0.4) is 0 Å². The average molecular weight is 286 g/mol. The summed E-state index contributed by atoms with van der Waals surface area (Å²) in [5.74, 6) is -0.354. The fourth-order valence-electron chi connectivity index (χ4n) is 1.57. The Hall–Kier alpha value is -1.43. The van der Waals surface area contributed by atoms with Gasteiger partial charge in [0, 0.05) is 16.6 Å². The smallest absolute Gasteiger partial charge is 0.237 e. The van der Waals surface area contributed by atoms with Gasteiger partial charge in [0.15, 0.2) is 0 Å². The van der Waals surface area contributed by atoms with E-state index in [0.717, 1.165) is 25.3 Å². The van der Waals surface area contributed by atoms with E-state index in [4.69, 9.17) is 5.73 Å².